The van der Waals surface area contributed by atoms with Crippen LogP contribution in [-0.2, 0) is 21.1 Å². The van der Waals surface area contributed by atoms with Gasteiger partial charge in [0, 0.05) is 50.1 Å². The Balaban J connectivity index is 0.00000658. The number of furan rings is 1. The Morgan fingerprint density at radius 3 is 1.45 bits per heavy atom. The van der Waals surface area contributed by atoms with Gasteiger partial charge in [0.25, 0.3) is 0 Å². The first kappa shape index (κ1) is 54.4. The number of ether oxygens (including phenoxy) is 1. The monoisotopic (exact) mass is 1270 g/mol. The molecule has 14 aromatic rings. The second kappa shape index (κ2) is 21.7. The first-order valence-electron chi connectivity index (χ1n) is 29.1. The number of aromatic nitrogens is 5. The zero-order valence-electron chi connectivity index (χ0n) is 48.7. The summed E-state index contributed by atoms with van der Waals surface area (Å²) in [5, 5.41) is 4.92. The van der Waals surface area contributed by atoms with Crippen LogP contribution in [-0.4, -0.2) is 24.1 Å². The molecule has 0 atom stereocenters. The number of para-hydroxylation sites is 5. The molecule has 0 aliphatic rings. The minimum Gasteiger partial charge on any atom is -0.500 e. The summed E-state index contributed by atoms with van der Waals surface area (Å²) >= 11 is 0. The van der Waals surface area contributed by atoms with Crippen LogP contribution in [0.4, 0.5) is 0 Å². The van der Waals surface area contributed by atoms with Crippen molar-refractivity contribution in [1.29, 1.82) is 0 Å². The topological polar surface area (TPSA) is 70.9 Å². The average molecular weight is 1270 g/mol. The van der Waals surface area contributed by atoms with Gasteiger partial charge < -0.3 is 18.3 Å². The molecular weight excluding hydrogens is 1210 g/mol. The molecule has 0 aliphatic heterocycles. The summed E-state index contributed by atoms with van der Waals surface area (Å²) in [7, 11) is 0. The number of benzene rings is 10. The normalized spacial score (nSPS) is 12.0. The van der Waals surface area contributed by atoms with E-state index in [9.17, 15) is 0 Å². The second-order valence-electron chi connectivity index (χ2n) is 23.3. The van der Waals surface area contributed by atoms with Crippen LogP contribution in [0.2, 0.25) is 0 Å². The van der Waals surface area contributed by atoms with E-state index in [4.69, 9.17) is 24.1 Å². The summed E-state index contributed by atoms with van der Waals surface area (Å²) in [6.07, 6.45) is 0. The van der Waals surface area contributed by atoms with Gasteiger partial charge >= 0.3 is 21.1 Å². The van der Waals surface area contributed by atoms with Crippen LogP contribution in [0.15, 0.2) is 199 Å². The fourth-order valence-corrected chi connectivity index (χ4v) is 12.5. The standard InChI is InChI=1S/C76H63N5O2.Pt/c1-44(2)59-38-52(49-23-12-10-13-24-49)39-60(45(3)4)71(59)80-68-33-20-18-31-66(68)78-75(80)51-27-22-28-54(37-51)82-55-42-63-57-36-35-56-48(9)77-65-30-17-16-29-58(65)70(56)74(57)83-73(63)64(43-55)76-79-67-32-19-21-34-69(67)81(76)72-61(46(5)6)40-53(41-62(72)47(7)8)50-25-14-11-15-26-50;/h10-36,38-42,44-47H,1-9H3;/q-2;+2. The van der Waals surface area contributed by atoms with Crippen molar-refractivity contribution in [3.8, 4) is 67.9 Å². The predicted molar refractivity (Wildman–Crippen MR) is 343 cm³/mol. The van der Waals surface area contributed by atoms with Gasteiger partial charge in [-0.2, -0.15) is 0 Å². The quantitative estimate of drug-likeness (QED) is 0.0900. The molecule has 8 heteroatoms. The molecule has 0 spiro atoms. The third-order valence-electron chi connectivity index (χ3n) is 16.6. The van der Waals surface area contributed by atoms with Crippen molar-refractivity contribution in [2.75, 3.05) is 0 Å². The van der Waals surface area contributed by atoms with Gasteiger partial charge in [0.1, 0.15) is 5.58 Å². The minimum absolute atomic E-state index is 0. The number of hydrogen-bond donors (Lipinski definition) is 0. The Morgan fingerprint density at radius 2 is 0.893 bits per heavy atom. The Morgan fingerprint density at radius 1 is 0.405 bits per heavy atom. The molecule has 0 radical (unpaired) electrons. The van der Waals surface area contributed by atoms with Crippen LogP contribution in [0.3, 0.4) is 0 Å². The van der Waals surface area contributed by atoms with Gasteiger partial charge in [-0.3, -0.25) is 15.0 Å². The number of imidazole rings is 2. The SMILES string of the molecule is Cc1nc2ccccc2c2c1ccc1c3cc(Oc4[c-]c(-c5nc6ccccc6n5-c5c(C(C)C)cc(-c6ccccc6)cc5C(C)C)ccc4)[c-]c(-c4nc5ccccc5n4-c4c(C(C)C)cc(-c5ccccc5)cc4C(C)C)c3oc12.[Pt+2]. The van der Waals surface area contributed by atoms with E-state index in [-0.39, 0.29) is 44.7 Å². The van der Waals surface area contributed by atoms with Crippen LogP contribution in [0, 0.1) is 19.1 Å². The number of aryl methyl sites for hydroxylation is 1. The summed E-state index contributed by atoms with van der Waals surface area (Å²) in [6, 6.07) is 76.2. The molecule has 10 aromatic carbocycles. The fraction of sp³-hybridized carbons (Fsp3) is 0.171. The molecule has 0 bridgehead atoms. The van der Waals surface area contributed by atoms with Crippen molar-refractivity contribution in [1.82, 2.24) is 24.1 Å². The number of pyridine rings is 1. The predicted octanol–water partition coefficient (Wildman–Crippen LogP) is 20.8. The largest absolute Gasteiger partial charge is 2.00 e. The smallest absolute Gasteiger partial charge is 0.500 e. The third-order valence-corrected chi connectivity index (χ3v) is 16.6. The van der Waals surface area contributed by atoms with Crippen molar-refractivity contribution < 1.29 is 30.2 Å². The Labute approximate surface area is 504 Å². The van der Waals surface area contributed by atoms with Gasteiger partial charge in [-0.15, -0.1) is 23.8 Å². The fourth-order valence-electron chi connectivity index (χ4n) is 12.5. The van der Waals surface area contributed by atoms with Crippen LogP contribution in [0.5, 0.6) is 11.5 Å². The van der Waals surface area contributed by atoms with Crippen LogP contribution in [0.25, 0.3) is 122 Å². The van der Waals surface area contributed by atoms with E-state index >= 15 is 0 Å². The second-order valence-corrected chi connectivity index (χ2v) is 23.3. The van der Waals surface area contributed by atoms with Crippen LogP contribution < -0.4 is 4.74 Å². The summed E-state index contributed by atoms with van der Waals surface area (Å²) in [5.41, 5.74) is 20.5. The maximum absolute atomic E-state index is 7.40. The van der Waals surface area contributed by atoms with Gasteiger partial charge in [-0.25, -0.2) is 0 Å². The summed E-state index contributed by atoms with van der Waals surface area (Å²) in [4.78, 5) is 16.1. The summed E-state index contributed by atoms with van der Waals surface area (Å²) in [5.74, 6) is 3.27. The third kappa shape index (κ3) is 9.21. The average Bonchev–Trinajstić information content (AvgIpc) is 2.04. The van der Waals surface area contributed by atoms with E-state index in [1.807, 2.05) is 18.2 Å². The molecule has 0 saturated heterocycles. The zero-order valence-corrected chi connectivity index (χ0v) is 50.9. The van der Waals surface area contributed by atoms with Gasteiger partial charge in [0.2, 0.25) is 0 Å². The summed E-state index contributed by atoms with van der Waals surface area (Å²) in [6.45, 7) is 20.4. The van der Waals surface area contributed by atoms with Gasteiger partial charge in [-0.05, 0) is 130 Å². The molecule has 7 nitrogen and oxygen atoms in total. The van der Waals surface area contributed by atoms with Crippen molar-refractivity contribution in [2.45, 2.75) is 86.0 Å². The van der Waals surface area contributed by atoms with Crippen LogP contribution in [0.1, 0.15) is 107 Å². The van der Waals surface area contributed by atoms with E-state index in [1.54, 1.807) is 0 Å². The van der Waals surface area contributed by atoms with E-state index < -0.39 is 0 Å². The van der Waals surface area contributed by atoms with Crippen molar-refractivity contribution in [2.24, 2.45) is 0 Å². The van der Waals surface area contributed by atoms with Crippen molar-refractivity contribution >= 4 is 65.7 Å². The van der Waals surface area contributed by atoms with Crippen molar-refractivity contribution in [3.63, 3.8) is 0 Å². The molecule has 0 fully saturated rings. The molecule has 0 aliphatic carbocycles. The number of hydrogen-bond acceptors (Lipinski definition) is 5. The van der Waals surface area contributed by atoms with Crippen LogP contribution >= 0.6 is 0 Å². The molecule has 0 N–H and O–H groups in total. The molecule has 0 saturated carbocycles. The molecule has 0 unspecified atom stereocenters. The molecule has 14 rings (SSSR count). The van der Waals surface area contributed by atoms with Gasteiger partial charge in [0.15, 0.2) is 0 Å². The first-order chi connectivity index (χ1) is 40.4. The molecule has 0 amide bonds. The maximum Gasteiger partial charge on any atom is 2.00 e. The number of rotatable bonds is 12. The molecule has 4 aromatic heterocycles. The van der Waals surface area contributed by atoms with E-state index in [0.717, 1.165) is 88.6 Å². The molecule has 4 heterocycles. The molecule has 414 valence electrons. The number of nitrogens with zero attached hydrogens (tertiary/aromatic N) is 5. The molecule has 84 heavy (non-hydrogen) atoms. The maximum atomic E-state index is 7.40. The van der Waals surface area contributed by atoms with E-state index in [2.05, 4.69) is 260 Å². The van der Waals surface area contributed by atoms with E-state index in [1.165, 1.54) is 44.5 Å². The Kier molecular flexibility index (Phi) is 14.0. The van der Waals surface area contributed by atoms with Crippen molar-refractivity contribution in [3.05, 3.63) is 234 Å². The zero-order chi connectivity index (χ0) is 56.8. The molecular formula is C76H63N5O2Pt. The first-order valence-corrected chi connectivity index (χ1v) is 29.1. The minimum atomic E-state index is 0. The van der Waals surface area contributed by atoms with Gasteiger partial charge in [0.05, 0.1) is 44.8 Å². The number of fused-ring (bicyclic) bond motifs is 9. The van der Waals surface area contributed by atoms with E-state index in [0.29, 0.717) is 28.5 Å². The Hall–Kier alpha value is -8.90. The van der Waals surface area contributed by atoms with Gasteiger partial charge in [-0.1, -0.05) is 200 Å². The Bertz CT molecular complexity index is 4800. The summed E-state index contributed by atoms with van der Waals surface area (Å²) < 4.78 is 19.3.